The normalized spacial score (nSPS) is 10.6. The van der Waals surface area contributed by atoms with Crippen molar-refractivity contribution in [1.29, 1.82) is 0 Å². The molecule has 0 saturated carbocycles. The van der Waals surface area contributed by atoms with E-state index in [1.54, 1.807) is 18.3 Å². The third-order valence-corrected chi connectivity index (χ3v) is 4.05. The lowest BCUT2D eigenvalue weighted by atomic mass is 10.3. The summed E-state index contributed by atoms with van der Waals surface area (Å²) in [5, 5.41) is 5.88. The van der Waals surface area contributed by atoms with Crippen LogP contribution in [0.2, 0.25) is 5.02 Å². The SMILES string of the molecule is Fc1c(Cl)cccc1NCc1csc(-c2ccccn2)n1. The first-order valence-electron chi connectivity index (χ1n) is 6.28. The van der Waals surface area contributed by atoms with Crippen LogP contribution in [0.4, 0.5) is 10.1 Å². The smallest absolute Gasteiger partial charge is 0.164 e. The summed E-state index contributed by atoms with van der Waals surface area (Å²) in [6.45, 7) is 0.431. The van der Waals surface area contributed by atoms with E-state index < -0.39 is 5.82 Å². The molecule has 0 unspecified atom stereocenters. The van der Waals surface area contributed by atoms with Gasteiger partial charge in [-0.3, -0.25) is 4.98 Å². The third kappa shape index (κ3) is 3.20. The molecule has 6 heteroatoms. The molecule has 2 heterocycles. The topological polar surface area (TPSA) is 37.8 Å². The molecule has 1 aromatic carbocycles. The van der Waals surface area contributed by atoms with Crippen LogP contribution in [0.25, 0.3) is 10.7 Å². The second-order valence-electron chi connectivity index (χ2n) is 4.31. The quantitative estimate of drug-likeness (QED) is 0.763. The number of halogens is 2. The molecular formula is C15H11ClFN3S. The van der Waals surface area contributed by atoms with Gasteiger partial charge in [-0.1, -0.05) is 23.7 Å². The number of thiazole rings is 1. The first-order valence-corrected chi connectivity index (χ1v) is 7.53. The van der Waals surface area contributed by atoms with E-state index >= 15 is 0 Å². The number of rotatable bonds is 4. The van der Waals surface area contributed by atoms with Crippen LogP contribution in [0.3, 0.4) is 0 Å². The van der Waals surface area contributed by atoms with Crippen LogP contribution in [0.1, 0.15) is 5.69 Å². The maximum Gasteiger partial charge on any atom is 0.164 e. The Balaban J connectivity index is 1.72. The molecule has 0 aliphatic rings. The van der Waals surface area contributed by atoms with Gasteiger partial charge in [0.1, 0.15) is 5.01 Å². The number of pyridine rings is 1. The summed E-state index contributed by atoms with van der Waals surface area (Å²) >= 11 is 7.25. The average Bonchev–Trinajstić information content (AvgIpc) is 2.99. The lowest BCUT2D eigenvalue weighted by Gasteiger charge is -2.06. The van der Waals surface area contributed by atoms with Crippen molar-refractivity contribution in [1.82, 2.24) is 9.97 Å². The van der Waals surface area contributed by atoms with Crippen molar-refractivity contribution in [2.24, 2.45) is 0 Å². The van der Waals surface area contributed by atoms with Gasteiger partial charge < -0.3 is 5.32 Å². The molecule has 0 radical (unpaired) electrons. The highest BCUT2D eigenvalue weighted by molar-refractivity contribution is 7.13. The van der Waals surface area contributed by atoms with E-state index in [2.05, 4.69) is 15.3 Å². The second-order valence-corrected chi connectivity index (χ2v) is 5.58. The third-order valence-electron chi connectivity index (χ3n) is 2.85. The summed E-state index contributed by atoms with van der Waals surface area (Å²) in [7, 11) is 0. The van der Waals surface area contributed by atoms with Gasteiger partial charge in [0.2, 0.25) is 0 Å². The number of anilines is 1. The maximum absolute atomic E-state index is 13.8. The minimum Gasteiger partial charge on any atom is -0.377 e. The van der Waals surface area contributed by atoms with Gasteiger partial charge in [0.25, 0.3) is 0 Å². The summed E-state index contributed by atoms with van der Waals surface area (Å²) in [4.78, 5) is 8.74. The van der Waals surface area contributed by atoms with Crippen molar-refractivity contribution < 1.29 is 4.39 Å². The molecule has 0 bridgehead atoms. The summed E-state index contributed by atoms with van der Waals surface area (Å²) in [5.74, 6) is -0.445. The lowest BCUT2D eigenvalue weighted by molar-refractivity contribution is 0.630. The molecule has 0 amide bonds. The highest BCUT2D eigenvalue weighted by Gasteiger charge is 2.08. The maximum atomic E-state index is 13.8. The molecule has 0 atom stereocenters. The fourth-order valence-corrected chi connectivity index (χ4v) is 2.79. The van der Waals surface area contributed by atoms with Crippen LogP contribution in [-0.4, -0.2) is 9.97 Å². The van der Waals surface area contributed by atoms with Crippen molar-refractivity contribution in [2.75, 3.05) is 5.32 Å². The van der Waals surface area contributed by atoms with Crippen molar-refractivity contribution in [2.45, 2.75) is 6.54 Å². The number of benzene rings is 1. The van der Waals surface area contributed by atoms with Crippen LogP contribution in [0, 0.1) is 5.82 Å². The molecule has 0 spiro atoms. The van der Waals surface area contributed by atoms with E-state index in [4.69, 9.17) is 11.6 Å². The van der Waals surface area contributed by atoms with Crippen LogP contribution in [-0.2, 0) is 6.54 Å². The molecule has 0 fully saturated rings. The Hall–Kier alpha value is -1.98. The minimum atomic E-state index is -0.445. The Kier molecular flexibility index (Phi) is 4.13. The van der Waals surface area contributed by atoms with E-state index in [0.29, 0.717) is 12.2 Å². The van der Waals surface area contributed by atoms with Gasteiger partial charge in [0, 0.05) is 11.6 Å². The minimum absolute atomic E-state index is 0.104. The number of hydrogen-bond donors (Lipinski definition) is 1. The predicted octanol–water partition coefficient (Wildman–Crippen LogP) is 4.61. The molecule has 21 heavy (non-hydrogen) atoms. The Morgan fingerprint density at radius 1 is 1.19 bits per heavy atom. The second kappa shape index (κ2) is 6.20. The standard InChI is InChI=1S/C15H11ClFN3S/c16-11-4-3-6-12(14(11)17)19-8-10-9-21-15(20-10)13-5-1-2-7-18-13/h1-7,9,19H,8H2. The number of hydrogen-bond acceptors (Lipinski definition) is 4. The van der Waals surface area contributed by atoms with Crippen molar-refractivity contribution in [3.63, 3.8) is 0 Å². The monoisotopic (exact) mass is 319 g/mol. The van der Waals surface area contributed by atoms with E-state index in [0.717, 1.165) is 16.4 Å². The highest BCUT2D eigenvalue weighted by atomic mass is 35.5. The Labute approximate surface area is 130 Å². The summed E-state index contributed by atoms with van der Waals surface area (Å²) in [5.41, 5.74) is 2.04. The van der Waals surface area contributed by atoms with Gasteiger partial charge in [-0.2, -0.15) is 0 Å². The molecule has 3 aromatic rings. The lowest BCUT2D eigenvalue weighted by Crippen LogP contribution is -2.02. The summed E-state index contributed by atoms with van der Waals surface area (Å²) in [6, 6.07) is 10.6. The zero-order chi connectivity index (χ0) is 14.7. The van der Waals surface area contributed by atoms with E-state index in [9.17, 15) is 4.39 Å². The van der Waals surface area contributed by atoms with Crippen LogP contribution >= 0.6 is 22.9 Å². The number of nitrogens with zero attached hydrogens (tertiary/aromatic N) is 2. The molecule has 0 saturated heterocycles. The van der Waals surface area contributed by atoms with E-state index in [-0.39, 0.29) is 5.02 Å². The summed E-state index contributed by atoms with van der Waals surface area (Å²) in [6.07, 6.45) is 1.73. The number of aromatic nitrogens is 2. The van der Waals surface area contributed by atoms with E-state index in [1.165, 1.54) is 17.4 Å². The Bertz CT molecular complexity index is 746. The Morgan fingerprint density at radius 3 is 2.90 bits per heavy atom. The van der Waals surface area contributed by atoms with Crippen LogP contribution in [0.5, 0.6) is 0 Å². The first kappa shape index (κ1) is 14.0. The average molecular weight is 320 g/mol. The molecule has 2 aromatic heterocycles. The Morgan fingerprint density at radius 2 is 2.10 bits per heavy atom. The molecule has 0 aliphatic heterocycles. The molecule has 0 aliphatic carbocycles. The zero-order valence-electron chi connectivity index (χ0n) is 10.9. The van der Waals surface area contributed by atoms with Crippen LogP contribution in [0.15, 0.2) is 48.0 Å². The molecule has 106 valence electrons. The first-order chi connectivity index (χ1) is 10.2. The largest absolute Gasteiger partial charge is 0.377 e. The van der Waals surface area contributed by atoms with Crippen molar-refractivity contribution in [3.05, 3.63) is 64.5 Å². The van der Waals surface area contributed by atoms with E-state index in [1.807, 2.05) is 23.6 Å². The zero-order valence-corrected chi connectivity index (χ0v) is 12.5. The van der Waals surface area contributed by atoms with Gasteiger partial charge in [0.05, 0.1) is 28.6 Å². The van der Waals surface area contributed by atoms with Crippen LogP contribution < -0.4 is 5.32 Å². The van der Waals surface area contributed by atoms with Gasteiger partial charge in [0.15, 0.2) is 5.82 Å². The number of nitrogens with one attached hydrogen (secondary N) is 1. The fraction of sp³-hybridized carbons (Fsp3) is 0.0667. The molecule has 1 N–H and O–H groups in total. The molecule has 3 rings (SSSR count). The predicted molar refractivity (Wildman–Crippen MR) is 84.1 cm³/mol. The van der Waals surface area contributed by atoms with Gasteiger partial charge in [-0.15, -0.1) is 11.3 Å². The summed E-state index contributed by atoms with van der Waals surface area (Å²) < 4.78 is 13.8. The molecule has 3 nitrogen and oxygen atoms in total. The van der Waals surface area contributed by atoms with Crippen molar-refractivity contribution in [3.8, 4) is 10.7 Å². The fourth-order valence-electron chi connectivity index (χ4n) is 1.82. The van der Waals surface area contributed by atoms with Crippen molar-refractivity contribution >= 4 is 28.6 Å². The van der Waals surface area contributed by atoms with Gasteiger partial charge >= 0.3 is 0 Å². The van der Waals surface area contributed by atoms with Gasteiger partial charge in [-0.05, 0) is 24.3 Å². The molecular weight excluding hydrogens is 309 g/mol. The van der Waals surface area contributed by atoms with Gasteiger partial charge in [-0.25, -0.2) is 9.37 Å². The highest BCUT2D eigenvalue weighted by Crippen LogP contribution is 2.24.